The van der Waals surface area contributed by atoms with Crippen molar-refractivity contribution in [2.45, 2.75) is 39.7 Å². The maximum Gasteiger partial charge on any atom is 0.274 e. The van der Waals surface area contributed by atoms with Gasteiger partial charge >= 0.3 is 0 Å². The molecule has 8 nitrogen and oxygen atoms in total. The number of hydrogen-bond donors (Lipinski definition) is 1. The number of rotatable bonds is 8. The number of anilines is 1. The van der Waals surface area contributed by atoms with Crippen LogP contribution in [0.3, 0.4) is 0 Å². The van der Waals surface area contributed by atoms with Gasteiger partial charge in [0.1, 0.15) is 11.3 Å². The SMILES string of the molecule is CCCCc1nc2cc(NC(=O)c3ccccc3Cl)c(C)nc2n1Cc1ccccc1[N+](=O)[O-]. The Bertz CT molecular complexity index is 1380. The first-order chi connectivity index (χ1) is 16.4. The quantitative estimate of drug-likeness (QED) is 0.249. The summed E-state index contributed by atoms with van der Waals surface area (Å²) in [6.07, 6.45) is 2.63. The number of unbranched alkanes of at least 4 members (excludes halogenated alkanes) is 1. The summed E-state index contributed by atoms with van der Waals surface area (Å²) in [6.45, 7) is 4.18. The first-order valence-corrected chi connectivity index (χ1v) is 11.4. The summed E-state index contributed by atoms with van der Waals surface area (Å²) in [5.74, 6) is 0.469. The highest BCUT2D eigenvalue weighted by Crippen LogP contribution is 2.27. The van der Waals surface area contributed by atoms with E-state index in [1.165, 1.54) is 6.07 Å². The van der Waals surface area contributed by atoms with Gasteiger partial charge in [-0.3, -0.25) is 14.9 Å². The third kappa shape index (κ3) is 4.77. The number of carbonyl (C=O) groups excluding carboxylic acids is 1. The minimum atomic E-state index is -0.374. The molecule has 9 heteroatoms. The second-order valence-corrected chi connectivity index (χ2v) is 8.41. The van der Waals surface area contributed by atoms with Gasteiger partial charge in [-0.2, -0.15) is 0 Å². The molecule has 0 bridgehead atoms. The summed E-state index contributed by atoms with van der Waals surface area (Å²) in [5, 5.41) is 14.8. The van der Waals surface area contributed by atoms with Gasteiger partial charge in [0, 0.05) is 18.1 Å². The summed E-state index contributed by atoms with van der Waals surface area (Å²) in [6, 6.07) is 15.3. The highest BCUT2D eigenvalue weighted by Gasteiger charge is 2.20. The third-order valence-electron chi connectivity index (χ3n) is 5.63. The van der Waals surface area contributed by atoms with E-state index in [9.17, 15) is 14.9 Å². The zero-order valence-corrected chi connectivity index (χ0v) is 19.7. The van der Waals surface area contributed by atoms with E-state index in [2.05, 4.69) is 12.2 Å². The molecule has 2 heterocycles. The molecule has 0 unspecified atom stereocenters. The number of aryl methyl sites for hydroxylation is 2. The lowest BCUT2D eigenvalue weighted by atomic mass is 10.1. The highest BCUT2D eigenvalue weighted by atomic mass is 35.5. The van der Waals surface area contributed by atoms with E-state index in [1.807, 2.05) is 4.57 Å². The molecular formula is C25H24ClN5O3. The van der Waals surface area contributed by atoms with Gasteiger partial charge in [0.2, 0.25) is 0 Å². The van der Waals surface area contributed by atoms with E-state index in [0.717, 1.165) is 18.7 Å². The van der Waals surface area contributed by atoms with Gasteiger partial charge in [-0.1, -0.05) is 55.3 Å². The molecule has 0 aliphatic rings. The number of nitro groups is 1. The van der Waals surface area contributed by atoms with Crippen molar-refractivity contribution in [3.8, 4) is 0 Å². The summed E-state index contributed by atoms with van der Waals surface area (Å²) < 4.78 is 1.93. The van der Waals surface area contributed by atoms with Crippen LogP contribution in [-0.2, 0) is 13.0 Å². The Hall–Kier alpha value is -3.78. The molecule has 0 aliphatic carbocycles. The van der Waals surface area contributed by atoms with E-state index >= 15 is 0 Å². The molecule has 0 saturated heterocycles. The van der Waals surface area contributed by atoms with Crippen molar-refractivity contribution in [2.24, 2.45) is 0 Å². The molecule has 34 heavy (non-hydrogen) atoms. The van der Waals surface area contributed by atoms with Crippen LogP contribution in [0.5, 0.6) is 0 Å². The van der Waals surface area contributed by atoms with Crippen molar-refractivity contribution in [3.63, 3.8) is 0 Å². The summed E-state index contributed by atoms with van der Waals surface area (Å²) in [4.78, 5) is 33.4. The number of para-hydroxylation sites is 1. The monoisotopic (exact) mass is 477 g/mol. The molecule has 174 valence electrons. The van der Waals surface area contributed by atoms with E-state index in [-0.39, 0.29) is 23.1 Å². The molecule has 1 N–H and O–H groups in total. The van der Waals surface area contributed by atoms with E-state index in [4.69, 9.17) is 21.6 Å². The number of carbonyl (C=O) groups is 1. The van der Waals surface area contributed by atoms with Gasteiger partial charge in [0.15, 0.2) is 5.65 Å². The van der Waals surface area contributed by atoms with Crippen LogP contribution in [0.4, 0.5) is 11.4 Å². The maximum atomic E-state index is 12.8. The largest absolute Gasteiger partial charge is 0.320 e. The topological polar surface area (TPSA) is 103 Å². The number of hydrogen-bond acceptors (Lipinski definition) is 5. The predicted molar refractivity (Wildman–Crippen MR) is 132 cm³/mol. The normalized spacial score (nSPS) is 11.0. The third-order valence-corrected chi connectivity index (χ3v) is 5.96. The van der Waals surface area contributed by atoms with Crippen molar-refractivity contribution in [2.75, 3.05) is 5.32 Å². The number of amides is 1. The first kappa shape index (κ1) is 23.4. The van der Waals surface area contributed by atoms with E-state index in [1.54, 1.807) is 55.5 Å². The van der Waals surface area contributed by atoms with Crippen LogP contribution in [0.1, 0.15) is 47.2 Å². The second kappa shape index (κ2) is 10.0. The van der Waals surface area contributed by atoms with Crippen LogP contribution < -0.4 is 5.32 Å². The van der Waals surface area contributed by atoms with Gasteiger partial charge in [0.25, 0.3) is 11.6 Å². The van der Waals surface area contributed by atoms with Crippen LogP contribution in [0, 0.1) is 17.0 Å². The van der Waals surface area contributed by atoms with Gasteiger partial charge in [0.05, 0.1) is 33.4 Å². The van der Waals surface area contributed by atoms with E-state index < -0.39 is 0 Å². The molecule has 1 amide bonds. The summed E-state index contributed by atoms with van der Waals surface area (Å²) >= 11 is 6.16. The summed E-state index contributed by atoms with van der Waals surface area (Å²) in [5.41, 5.74) is 3.40. The molecule has 0 aliphatic heterocycles. The highest BCUT2D eigenvalue weighted by molar-refractivity contribution is 6.34. The number of halogens is 1. The number of nitrogens with zero attached hydrogens (tertiary/aromatic N) is 4. The average Bonchev–Trinajstić information content (AvgIpc) is 3.14. The molecule has 0 fully saturated rings. The Morgan fingerprint density at radius 3 is 2.62 bits per heavy atom. The average molecular weight is 478 g/mol. The van der Waals surface area contributed by atoms with Crippen LogP contribution in [0.2, 0.25) is 5.02 Å². The van der Waals surface area contributed by atoms with Crippen molar-refractivity contribution < 1.29 is 9.72 Å². The zero-order chi connectivity index (χ0) is 24.2. The fourth-order valence-corrected chi connectivity index (χ4v) is 4.05. The number of imidazole rings is 1. The lowest BCUT2D eigenvalue weighted by molar-refractivity contribution is -0.385. The number of fused-ring (bicyclic) bond motifs is 1. The number of nitro benzene ring substituents is 1. The van der Waals surface area contributed by atoms with Crippen molar-refractivity contribution in [1.82, 2.24) is 14.5 Å². The van der Waals surface area contributed by atoms with Crippen LogP contribution in [0.15, 0.2) is 54.6 Å². The molecular weight excluding hydrogens is 454 g/mol. The molecule has 0 spiro atoms. The number of aromatic nitrogens is 3. The first-order valence-electron chi connectivity index (χ1n) is 11.0. The van der Waals surface area contributed by atoms with Gasteiger partial charge in [-0.15, -0.1) is 0 Å². The van der Waals surface area contributed by atoms with Gasteiger partial charge in [-0.05, 0) is 31.5 Å². The fraction of sp³-hybridized carbons (Fsp3) is 0.240. The maximum absolute atomic E-state index is 12.8. The smallest absolute Gasteiger partial charge is 0.274 e. The van der Waals surface area contributed by atoms with E-state index in [0.29, 0.717) is 45.1 Å². The molecule has 4 rings (SSSR count). The lowest BCUT2D eigenvalue weighted by Crippen LogP contribution is -2.14. The molecule has 0 atom stereocenters. The predicted octanol–water partition coefficient (Wildman–Crippen LogP) is 5.94. The Balaban J connectivity index is 1.75. The second-order valence-electron chi connectivity index (χ2n) is 8.00. The number of benzene rings is 2. The molecule has 2 aromatic heterocycles. The Kier molecular flexibility index (Phi) is 6.88. The summed E-state index contributed by atoms with van der Waals surface area (Å²) in [7, 11) is 0. The van der Waals surface area contributed by atoms with Crippen molar-refractivity contribution in [3.05, 3.63) is 92.4 Å². The standard InChI is InChI=1S/C25H24ClN5O3/c1-3-4-13-23-28-21-14-20(29-25(32)18-10-6-7-11-19(18)26)16(2)27-24(21)30(23)15-17-9-5-8-12-22(17)31(33)34/h5-12,14H,3-4,13,15H2,1-2H3,(H,29,32). The van der Waals surface area contributed by atoms with Gasteiger partial charge in [-0.25, -0.2) is 9.97 Å². The van der Waals surface area contributed by atoms with Crippen LogP contribution in [-0.4, -0.2) is 25.4 Å². The Morgan fingerprint density at radius 2 is 1.88 bits per heavy atom. The number of nitrogens with one attached hydrogen (secondary N) is 1. The molecule has 2 aromatic carbocycles. The zero-order valence-electron chi connectivity index (χ0n) is 18.9. The lowest BCUT2D eigenvalue weighted by Gasteiger charge is -2.11. The molecule has 0 saturated carbocycles. The van der Waals surface area contributed by atoms with Crippen molar-refractivity contribution in [1.29, 1.82) is 0 Å². The minimum absolute atomic E-state index is 0.0612. The van der Waals surface area contributed by atoms with Crippen molar-refractivity contribution >= 4 is 40.0 Å². The van der Waals surface area contributed by atoms with Gasteiger partial charge < -0.3 is 9.88 Å². The van der Waals surface area contributed by atoms with Crippen LogP contribution in [0.25, 0.3) is 11.2 Å². The van der Waals surface area contributed by atoms with Crippen LogP contribution >= 0.6 is 11.6 Å². The fourth-order valence-electron chi connectivity index (χ4n) is 3.83. The molecule has 0 radical (unpaired) electrons. The number of pyridine rings is 1. The molecule has 4 aromatic rings. The minimum Gasteiger partial charge on any atom is -0.320 e. The Morgan fingerprint density at radius 1 is 1.15 bits per heavy atom. The Labute approximate surface area is 201 Å².